The number of nitrogens with one attached hydrogen (secondary N) is 2. The molecule has 138 valence electrons. The second kappa shape index (κ2) is 9.66. The Hall–Kier alpha value is -1.96. The lowest BCUT2D eigenvalue weighted by molar-refractivity contribution is -0.906. The quantitative estimate of drug-likeness (QED) is 0.712. The van der Waals surface area contributed by atoms with E-state index in [4.69, 9.17) is 4.74 Å². The van der Waals surface area contributed by atoms with Crippen LogP contribution < -0.4 is 10.2 Å². The number of morpholine rings is 1. The maximum absolute atomic E-state index is 13.3. The van der Waals surface area contributed by atoms with E-state index in [2.05, 4.69) is 10.3 Å². The lowest BCUT2D eigenvalue weighted by atomic mass is 10.2. The van der Waals surface area contributed by atoms with Crippen LogP contribution in [0.1, 0.15) is 15.9 Å². The number of nitrogens with zero attached hydrogens (tertiary/aromatic N) is 1. The third kappa shape index (κ3) is 5.52. The van der Waals surface area contributed by atoms with Crippen molar-refractivity contribution in [1.29, 1.82) is 0 Å². The maximum Gasteiger partial charge on any atom is 0.254 e. The molecule has 0 unspecified atom stereocenters. The van der Waals surface area contributed by atoms with Crippen LogP contribution in [0.4, 0.5) is 4.39 Å². The number of carbonyl (C=O) groups is 1. The summed E-state index contributed by atoms with van der Waals surface area (Å²) in [6, 6.07) is 10.0. The summed E-state index contributed by atoms with van der Waals surface area (Å²) in [6.45, 7) is 5.05. The van der Waals surface area contributed by atoms with Gasteiger partial charge in [0.1, 0.15) is 23.9 Å². The number of amides is 1. The summed E-state index contributed by atoms with van der Waals surface area (Å²) in [7, 11) is 0. The highest BCUT2D eigenvalue weighted by atomic mass is 32.2. The van der Waals surface area contributed by atoms with Crippen LogP contribution >= 0.6 is 11.8 Å². The number of carbonyl (C=O) groups excluding carboxylic acids is 1. The standard InChI is InChI=1S/C19H22FN3O2S/c20-16-4-1-3-15(13-16)14-26-19-17(5-2-6-22-19)18(24)21-7-8-23-9-11-25-12-10-23/h1-6,13H,7-12,14H2,(H,21,24)/p+1. The second-order valence-corrected chi connectivity index (χ2v) is 7.11. The number of halogens is 1. The minimum atomic E-state index is -0.257. The number of hydrogen-bond acceptors (Lipinski definition) is 4. The molecular weight excluding hydrogens is 353 g/mol. The highest BCUT2D eigenvalue weighted by Crippen LogP contribution is 2.24. The van der Waals surface area contributed by atoms with Gasteiger partial charge in [0, 0.05) is 11.9 Å². The molecule has 0 spiro atoms. The van der Waals surface area contributed by atoms with Crippen molar-refractivity contribution < 1.29 is 18.8 Å². The van der Waals surface area contributed by atoms with E-state index < -0.39 is 0 Å². The molecule has 7 heteroatoms. The first kappa shape index (κ1) is 18.8. The van der Waals surface area contributed by atoms with Gasteiger partial charge in [-0.3, -0.25) is 4.79 Å². The van der Waals surface area contributed by atoms with Crippen molar-refractivity contribution in [3.63, 3.8) is 0 Å². The lowest BCUT2D eigenvalue weighted by Crippen LogP contribution is -3.14. The molecule has 1 amide bonds. The van der Waals surface area contributed by atoms with Crippen molar-refractivity contribution in [3.8, 4) is 0 Å². The van der Waals surface area contributed by atoms with E-state index in [1.807, 2.05) is 6.07 Å². The van der Waals surface area contributed by atoms with E-state index in [-0.39, 0.29) is 11.7 Å². The van der Waals surface area contributed by atoms with Gasteiger partial charge in [0.25, 0.3) is 5.91 Å². The number of pyridine rings is 1. The summed E-state index contributed by atoms with van der Waals surface area (Å²) in [5, 5.41) is 3.64. The second-order valence-electron chi connectivity index (χ2n) is 6.14. The normalized spacial score (nSPS) is 15.0. The molecule has 3 rings (SSSR count). The largest absolute Gasteiger partial charge is 0.370 e. The van der Waals surface area contributed by atoms with Gasteiger partial charge in [0.15, 0.2) is 0 Å². The summed E-state index contributed by atoms with van der Waals surface area (Å²) in [6.07, 6.45) is 1.67. The molecule has 0 saturated carbocycles. The predicted molar refractivity (Wildman–Crippen MR) is 98.9 cm³/mol. The molecule has 0 bridgehead atoms. The average molecular weight is 376 g/mol. The van der Waals surface area contributed by atoms with Crippen molar-refractivity contribution in [2.75, 3.05) is 39.4 Å². The Morgan fingerprint density at radius 3 is 2.92 bits per heavy atom. The van der Waals surface area contributed by atoms with Crippen molar-refractivity contribution in [2.45, 2.75) is 10.8 Å². The van der Waals surface area contributed by atoms with Crippen LogP contribution in [0.25, 0.3) is 0 Å². The first-order valence-electron chi connectivity index (χ1n) is 8.74. The number of hydrogen-bond donors (Lipinski definition) is 2. The Bertz CT molecular complexity index is 738. The Labute approximate surface area is 156 Å². The van der Waals surface area contributed by atoms with Crippen molar-refractivity contribution >= 4 is 17.7 Å². The van der Waals surface area contributed by atoms with Crippen molar-refractivity contribution in [2.24, 2.45) is 0 Å². The third-order valence-electron chi connectivity index (χ3n) is 4.24. The molecule has 5 nitrogen and oxygen atoms in total. The highest BCUT2D eigenvalue weighted by Gasteiger charge is 2.16. The molecule has 1 aromatic carbocycles. The van der Waals surface area contributed by atoms with E-state index in [0.717, 1.165) is 38.4 Å². The zero-order valence-electron chi connectivity index (χ0n) is 14.5. The topological polar surface area (TPSA) is 55.7 Å². The van der Waals surface area contributed by atoms with E-state index >= 15 is 0 Å². The van der Waals surface area contributed by atoms with Crippen LogP contribution in [0.5, 0.6) is 0 Å². The van der Waals surface area contributed by atoms with Gasteiger partial charge < -0.3 is 15.0 Å². The van der Waals surface area contributed by atoms with Gasteiger partial charge in [-0.1, -0.05) is 12.1 Å². The van der Waals surface area contributed by atoms with Gasteiger partial charge >= 0.3 is 0 Å². The molecule has 1 saturated heterocycles. The Balaban J connectivity index is 1.54. The number of rotatable bonds is 7. The SMILES string of the molecule is O=C(NCC[NH+]1CCOCC1)c1cccnc1SCc1cccc(F)c1. The molecule has 2 N–H and O–H groups in total. The molecule has 1 fully saturated rings. The average Bonchev–Trinajstić information content (AvgIpc) is 2.67. The fourth-order valence-electron chi connectivity index (χ4n) is 2.82. The van der Waals surface area contributed by atoms with Crippen LogP contribution in [-0.4, -0.2) is 50.3 Å². The molecule has 1 aromatic heterocycles. The number of quaternary nitrogens is 1. The first-order chi connectivity index (χ1) is 12.7. The van der Waals surface area contributed by atoms with E-state index in [1.54, 1.807) is 24.4 Å². The van der Waals surface area contributed by atoms with Crippen LogP contribution in [0.15, 0.2) is 47.6 Å². The van der Waals surface area contributed by atoms with Crippen LogP contribution in [0.2, 0.25) is 0 Å². The lowest BCUT2D eigenvalue weighted by Gasteiger charge is -2.23. The summed E-state index contributed by atoms with van der Waals surface area (Å²) >= 11 is 1.44. The Morgan fingerprint density at radius 1 is 1.27 bits per heavy atom. The molecule has 2 heterocycles. The Morgan fingerprint density at radius 2 is 2.12 bits per heavy atom. The van der Waals surface area contributed by atoms with Crippen molar-refractivity contribution in [3.05, 3.63) is 59.5 Å². The number of thioether (sulfide) groups is 1. The molecule has 1 aliphatic heterocycles. The van der Waals surface area contributed by atoms with Gasteiger partial charge in [0.2, 0.25) is 0 Å². The minimum Gasteiger partial charge on any atom is -0.370 e. The first-order valence-corrected chi connectivity index (χ1v) is 9.73. The summed E-state index contributed by atoms with van der Waals surface area (Å²) in [5.41, 5.74) is 1.42. The van der Waals surface area contributed by atoms with Gasteiger partial charge in [-0.25, -0.2) is 9.37 Å². The van der Waals surface area contributed by atoms with Gasteiger partial charge in [-0.15, -0.1) is 11.8 Å². The zero-order valence-corrected chi connectivity index (χ0v) is 15.4. The number of aromatic nitrogens is 1. The van der Waals surface area contributed by atoms with Crippen molar-refractivity contribution in [1.82, 2.24) is 10.3 Å². The summed E-state index contributed by atoms with van der Waals surface area (Å²) in [4.78, 5) is 18.3. The molecular formula is C19H23FN3O2S+. The van der Waals surface area contributed by atoms with Crippen LogP contribution in [0, 0.1) is 5.82 Å². The fourth-order valence-corrected chi connectivity index (χ4v) is 3.75. The molecule has 0 aliphatic carbocycles. The fraction of sp³-hybridized carbons (Fsp3) is 0.368. The Kier molecular flexibility index (Phi) is 6.99. The van der Waals surface area contributed by atoms with Gasteiger partial charge in [-0.2, -0.15) is 0 Å². The monoisotopic (exact) mass is 376 g/mol. The van der Waals surface area contributed by atoms with Gasteiger partial charge in [-0.05, 0) is 29.8 Å². The van der Waals surface area contributed by atoms with E-state index in [0.29, 0.717) is 22.9 Å². The molecule has 1 aliphatic rings. The number of ether oxygens (including phenoxy) is 1. The molecule has 0 radical (unpaired) electrons. The molecule has 0 atom stereocenters. The number of benzene rings is 1. The summed E-state index contributed by atoms with van der Waals surface area (Å²) in [5.74, 6) is 0.188. The molecule has 26 heavy (non-hydrogen) atoms. The smallest absolute Gasteiger partial charge is 0.254 e. The summed E-state index contributed by atoms with van der Waals surface area (Å²) < 4.78 is 18.6. The van der Waals surface area contributed by atoms with Crippen LogP contribution in [0.3, 0.4) is 0 Å². The third-order valence-corrected chi connectivity index (χ3v) is 5.32. The van der Waals surface area contributed by atoms with E-state index in [9.17, 15) is 9.18 Å². The highest BCUT2D eigenvalue weighted by molar-refractivity contribution is 7.98. The maximum atomic E-state index is 13.3. The van der Waals surface area contributed by atoms with Crippen LogP contribution in [-0.2, 0) is 10.5 Å². The minimum absolute atomic E-state index is 0.118. The molecule has 2 aromatic rings. The zero-order chi connectivity index (χ0) is 18.2. The predicted octanol–water partition coefficient (Wildman–Crippen LogP) is 1.16. The van der Waals surface area contributed by atoms with E-state index in [1.165, 1.54) is 28.8 Å². The van der Waals surface area contributed by atoms with Gasteiger partial charge in [0.05, 0.1) is 31.9 Å².